The molecule has 2 atom stereocenters. The zero-order valence-electron chi connectivity index (χ0n) is 8.39. The number of alkyl halides is 4. The number of benzene rings is 1. The molecule has 1 fully saturated rings. The van der Waals surface area contributed by atoms with Crippen molar-refractivity contribution in [3.05, 3.63) is 35.4 Å². The molecule has 0 spiro atoms. The van der Waals surface area contributed by atoms with Crippen molar-refractivity contribution in [3.8, 4) is 0 Å². The van der Waals surface area contributed by atoms with Gasteiger partial charge in [0.1, 0.15) is 6.17 Å². The average Bonchev–Trinajstić information content (AvgIpc) is 2.64. The first-order valence-corrected chi connectivity index (χ1v) is 5.01. The molecule has 16 heavy (non-hydrogen) atoms. The monoisotopic (exact) mass is 233 g/mol. The highest BCUT2D eigenvalue weighted by molar-refractivity contribution is 5.27. The maximum absolute atomic E-state index is 12.9. The highest BCUT2D eigenvalue weighted by Gasteiger charge is 2.31. The molecule has 1 saturated heterocycles. The van der Waals surface area contributed by atoms with Gasteiger partial charge in [-0.15, -0.1) is 0 Å². The molecule has 0 bridgehead atoms. The quantitative estimate of drug-likeness (QED) is 0.735. The summed E-state index contributed by atoms with van der Waals surface area (Å²) in [5.41, 5.74) is 0.0270. The molecule has 88 valence electrons. The lowest BCUT2D eigenvalue weighted by molar-refractivity contribution is -0.137. The Balaban J connectivity index is 2.14. The van der Waals surface area contributed by atoms with Crippen LogP contribution in [-0.4, -0.2) is 12.7 Å². The topological polar surface area (TPSA) is 12.0 Å². The fourth-order valence-corrected chi connectivity index (χ4v) is 1.85. The van der Waals surface area contributed by atoms with E-state index in [0.29, 0.717) is 12.0 Å². The predicted octanol–water partition coefficient (Wildman–Crippen LogP) is 3.08. The Kier molecular flexibility index (Phi) is 2.88. The van der Waals surface area contributed by atoms with E-state index in [-0.39, 0.29) is 12.6 Å². The second kappa shape index (κ2) is 4.05. The van der Waals surface area contributed by atoms with E-state index in [1.165, 1.54) is 12.1 Å². The maximum Gasteiger partial charge on any atom is 0.416 e. The van der Waals surface area contributed by atoms with Crippen LogP contribution < -0.4 is 5.32 Å². The molecule has 0 unspecified atom stereocenters. The summed E-state index contributed by atoms with van der Waals surface area (Å²) in [5.74, 6) is 0. The van der Waals surface area contributed by atoms with Gasteiger partial charge in [-0.25, -0.2) is 4.39 Å². The first kappa shape index (κ1) is 11.4. The molecule has 1 aliphatic heterocycles. The van der Waals surface area contributed by atoms with E-state index < -0.39 is 17.9 Å². The molecule has 1 aromatic carbocycles. The van der Waals surface area contributed by atoms with Gasteiger partial charge in [0.05, 0.1) is 5.56 Å². The summed E-state index contributed by atoms with van der Waals surface area (Å²) in [6, 6.07) is 4.69. The molecule has 1 nitrogen and oxygen atoms in total. The van der Waals surface area contributed by atoms with Crippen LogP contribution in [0.25, 0.3) is 0 Å². The fourth-order valence-electron chi connectivity index (χ4n) is 1.85. The van der Waals surface area contributed by atoms with E-state index in [1.807, 2.05) is 0 Å². The van der Waals surface area contributed by atoms with Gasteiger partial charge in [0.2, 0.25) is 0 Å². The number of halogens is 4. The molecule has 5 heteroatoms. The molecule has 0 amide bonds. The van der Waals surface area contributed by atoms with Crippen LogP contribution in [0.2, 0.25) is 0 Å². The highest BCUT2D eigenvalue weighted by atomic mass is 19.4. The lowest BCUT2D eigenvalue weighted by Crippen LogP contribution is -2.14. The highest BCUT2D eigenvalue weighted by Crippen LogP contribution is 2.31. The summed E-state index contributed by atoms with van der Waals surface area (Å²) in [4.78, 5) is 0. The molecule has 1 heterocycles. The minimum atomic E-state index is -4.32. The summed E-state index contributed by atoms with van der Waals surface area (Å²) in [5, 5.41) is 2.92. The van der Waals surface area contributed by atoms with E-state index in [9.17, 15) is 17.6 Å². The summed E-state index contributed by atoms with van der Waals surface area (Å²) in [6.07, 6.45) is -4.90. The average molecular weight is 233 g/mol. The molecule has 0 radical (unpaired) electrons. The Hall–Kier alpha value is -1.10. The lowest BCUT2D eigenvalue weighted by Gasteiger charge is -2.12. The van der Waals surface area contributed by atoms with Crippen LogP contribution >= 0.6 is 0 Å². The van der Waals surface area contributed by atoms with Gasteiger partial charge in [-0.3, -0.25) is 0 Å². The van der Waals surface area contributed by atoms with Gasteiger partial charge in [0, 0.05) is 12.6 Å². The van der Waals surface area contributed by atoms with Crippen molar-refractivity contribution < 1.29 is 17.6 Å². The van der Waals surface area contributed by atoms with Crippen molar-refractivity contribution in [2.75, 3.05) is 6.54 Å². The van der Waals surface area contributed by atoms with Crippen molar-refractivity contribution in [2.24, 2.45) is 0 Å². The third kappa shape index (κ3) is 2.35. The number of hydrogen-bond acceptors (Lipinski definition) is 1. The van der Waals surface area contributed by atoms with Gasteiger partial charge in [-0.2, -0.15) is 13.2 Å². The van der Waals surface area contributed by atoms with Crippen LogP contribution in [0.5, 0.6) is 0 Å². The van der Waals surface area contributed by atoms with Crippen LogP contribution in [-0.2, 0) is 6.18 Å². The smallest absolute Gasteiger partial charge is 0.307 e. The van der Waals surface area contributed by atoms with Crippen molar-refractivity contribution in [3.63, 3.8) is 0 Å². The van der Waals surface area contributed by atoms with E-state index in [2.05, 4.69) is 5.32 Å². The van der Waals surface area contributed by atoms with Gasteiger partial charge < -0.3 is 5.32 Å². The first-order valence-electron chi connectivity index (χ1n) is 5.01. The van der Waals surface area contributed by atoms with E-state index in [4.69, 9.17) is 0 Å². The lowest BCUT2D eigenvalue weighted by atomic mass is 10.0. The van der Waals surface area contributed by atoms with Crippen LogP contribution in [0, 0.1) is 0 Å². The molecule has 2 rings (SSSR count). The Morgan fingerprint density at radius 1 is 1.12 bits per heavy atom. The zero-order chi connectivity index (χ0) is 11.8. The van der Waals surface area contributed by atoms with E-state index in [1.54, 1.807) is 0 Å². The molecule has 1 N–H and O–H groups in total. The van der Waals surface area contributed by atoms with Gasteiger partial charge >= 0.3 is 6.18 Å². The Bertz CT molecular complexity index is 357. The standard InChI is InChI=1S/C11H11F4N/c12-9-5-10(16-6-9)7-1-3-8(4-2-7)11(13,14)15/h1-4,9-10,16H,5-6H2/t9-,10-/m1/s1. The molecule has 1 aliphatic rings. The maximum atomic E-state index is 12.9. The van der Waals surface area contributed by atoms with Gasteiger partial charge in [-0.05, 0) is 24.1 Å². The second-order valence-electron chi connectivity index (χ2n) is 3.91. The second-order valence-corrected chi connectivity index (χ2v) is 3.91. The molecular weight excluding hydrogens is 222 g/mol. The normalized spacial score (nSPS) is 26.0. The van der Waals surface area contributed by atoms with Gasteiger partial charge in [0.25, 0.3) is 0 Å². The van der Waals surface area contributed by atoms with Crippen LogP contribution in [0.1, 0.15) is 23.6 Å². The van der Waals surface area contributed by atoms with E-state index in [0.717, 1.165) is 12.1 Å². The Labute approximate surface area is 90.5 Å². The fraction of sp³-hybridized carbons (Fsp3) is 0.455. The largest absolute Gasteiger partial charge is 0.416 e. The molecule has 0 aliphatic carbocycles. The van der Waals surface area contributed by atoms with Crippen molar-refractivity contribution in [2.45, 2.75) is 24.8 Å². The van der Waals surface area contributed by atoms with Crippen LogP contribution in [0.4, 0.5) is 17.6 Å². The predicted molar refractivity (Wildman–Crippen MR) is 51.7 cm³/mol. The summed E-state index contributed by atoms with van der Waals surface area (Å²) < 4.78 is 49.7. The summed E-state index contributed by atoms with van der Waals surface area (Å²) in [7, 11) is 0. The molecule has 0 aromatic heterocycles. The summed E-state index contributed by atoms with van der Waals surface area (Å²) >= 11 is 0. The minimum absolute atomic E-state index is 0.169. The molecular formula is C11H11F4N. The Morgan fingerprint density at radius 2 is 1.75 bits per heavy atom. The SMILES string of the molecule is F[C@H]1CN[C@@H](c2ccc(C(F)(F)F)cc2)C1. The van der Waals surface area contributed by atoms with Crippen molar-refractivity contribution >= 4 is 0 Å². The van der Waals surface area contributed by atoms with Crippen molar-refractivity contribution in [1.29, 1.82) is 0 Å². The van der Waals surface area contributed by atoms with Crippen LogP contribution in [0.3, 0.4) is 0 Å². The van der Waals surface area contributed by atoms with Gasteiger partial charge in [-0.1, -0.05) is 12.1 Å². The Morgan fingerprint density at radius 3 is 2.19 bits per heavy atom. The van der Waals surface area contributed by atoms with E-state index >= 15 is 0 Å². The first-order chi connectivity index (χ1) is 7.47. The van der Waals surface area contributed by atoms with Crippen molar-refractivity contribution in [1.82, 2.24) is 5.32 Å². The number of hydrogen-bond donors (Lipinski definition) is 1. The van der Waals surface area contributed by atoms with Gasteiger partial charge in [0.15, 0.2) is 0 Å². The molecule has 1 aromatic rings. The van der Waals surface area contributed by atoms with Crippen LogP contribution in [0.15, 0.2) is 24.3 Å². The summed E-state index contributed by atoms with van der Waals surface area (Å²) in [6.45, 7) is 0.270. The number of nitrogens with one attached hydrogen (secondary N) is 1. The number of rotatable bonds is 1. The molecule has 0 saturated carbocycles. The third-order valence-electron chi connectivity index (χ3n) is 2.72. The zero-order valence-corrected chi connectivity index (χ0v) is 8.39. The third-order valence-corrected chi connectivity index (χ3v) is 2.72. The minimum Gasteiger partial charge on any atom is -0.307 e.